The Hall–Kier alpha value is -2.20. The molecule has 2 aromatic heterocycles. The number of anilines is 1. The Morgan fingerprint density at radius 1 is 1.40 bits per heavy atom. The van der Waals surface area contributed by atoms with E-state index in [2.05, 4.69) is 25.3 Å². The van der Waals surface area contributed by atoms with Gasteiger partial charge < -0.3 is 5.32 Å². The maximum atomic E-state index is 12.1. The lowest BCUT2D eigenvalue weighted by Gasteiger charge is -2.04. The van der Waals surface area contributed by atoms with Gasteiger partial charge in [0.1, 0.15) is 4.90 Å². The lowest BCUT2D eigenvalue weighted by atomic mass is 10.5. The van der Waals surface area contributed by atoms with Crippen molar-refractivity contribution >= 4 is 15.8 Å². The second-order valence-corrected chi connectivity index (χ2v) is 5.64. The van der Waals surface area contributed by atoms with E-state index in [1.165, 1.54) is 29.2 Å². The summed E-state index contributed by atoms with van der Waals surface area (Å²) in [4.78, 5) is 10.9. The molecule has 20 heavy (non-hydrogen) atoms. The predicted octanol–water partition coefficient (Wildman–Crippen LogP) is -1.01. The molecule has 0 saturated carbocycles. The predicted molar refractivity (Wildman–Crippen MR) is 71.8 cm³/mol. The summed E-state index contributed by atoms with van der Waals surface area (Å²) in [6, 6.07) is 2.46. The number of nitrogens with zero attached hydrogens (tertiary/aromatic N) is 3. The molecule has 0 aromatic carbocycles. The van der Waals surface area contributed by atoms with Gasteiger partial charge in [0.2, 0.25) is 0 Å². The Bertz CT molecular complexity index is 715. The Morgan fingerprint density at radius 2 is 2.20 bits per heavy atom. The van der Waals surface area contributed by atoms with Crippen LogP contribution in [0.15, 0.2) is 34.2 Å². The fourth-order valence-corrected chi connectivity index (χ4v) is 2.38. The molecule has 2 rings (SSSR count). The van der Waals surface area contributed by atoms with Crippen molar-refractivity contribution in [2.45, 2.75) is 11.4 Å². The van der Waals surface area contributed by atoms with Gasteiger partial charge in [-0.1, -0.05) is 0 Å². The van der Waals surface area contributed by atoms with Gasteiger partial charge in [-0.3, -0.25) is 14.2 Å². The highest BCUT2D eigenvalue weighted by molar-refractivity contribution is 7.92. The fourth-order valence-electron chi connectivity index (χ4n) is 1.43. The van der Waals surface area contributed by atoms with E-state index in [0.717, 1.165) is 0 Å². The van der Waals surface area contributed by atoms with E-state index in [9.17, 15) is 13.2 Å². The van der Waals surface area contributed by atoms with Crippen molar-refractivity contribution in [1.29, 1.82) is 0 Å². The van der Waals surface area contributed by atoms with Crippen LogP contribution in [0.5, 0.6) is 0 Å². The lowest BCUT2D eigenvalue weighted by Crippen LogP contribution is -2.16. The highest BCUT2D eigenvalue weighted by Crippen LogP contribution is 2.11. The molecular weight excluding hydrogens is 284 g/mol. The summed E-state index contributed by atoms with van der Waals surface area (Å²) in [6.07, 6.45) is 2.68. The standard InChI is InChI=1S/C10H14N6O3S/c1-11-4-5-16-7-8(6-12-16)20(18,19)15-9-2-3-10(17)14-13-9/h2-3,6-7,11H,4-5H2,1H3,(H,13,15)(H,14,17). The van der Waals surface area contributed by atoms with Gasteiger partial charge in [0.15, 0.2) is 5.82 Å². The van der Waals surface area contributed by atoms with Gasteiger partial charge >= 0.3 is 0 Å². The van der Waals surface area contributed by atoms with Crippen molar-refractivity contribution in [2.24, 2.45) is 0 Å². The van der Waals surface area contributed by atoms with Crippen molar-refractivity contribution in [3.05, 3.63) is 34.9 Å². The van der Waals surface area contributed by atoms with Crippen molar-refractivity contribution in [2.75, 3.05) is 18.3 Å². The summed E-state index contributed by atoms with van der Waals surface area (Å²) in [5, 5.41) is 12.6. The van der Waals surface area contributed by atoms with Crippen LogP contribution in [0.25, 0.3) is 0 Å². The smallest absolute Gasteiger partial charge is 0.266 e. The average molecular weight is 298 g/mol. The quantitative estimate of drug-likeness (QED) is 0.628. The van der Waals surface area contributed by atoms with E-state index in [0.29, 0.717) is 13.1 Å². The molecule has 0 radical (unpaired) electrons. The first kappa shape index (κ1) is 14.2. The zero-order chi connectivity index (χ0) is 14.6. The zero-order valence-corrected chi connectivity index (χ0v) is 11.5. The maximum Gasteiger partial charge on any atom is 0.266 e. The second kappa shape index (κ2) is 5.84. The Morgan fingerprint density at radius 3 is 2.85 bits per heavy atom. The van der Waals surface area contributed by atoms with Crippen LogP contribution < -0.4 is 15.6 Å². The summed E-state index contributed by atoms with van der Waals surface area (Å²) < 4.78 is 27.9. The second-order valence-electron chi connectivity index (χ2n) is 3.95. The van der Waals surface area contributed by atoms with Crippen LogP contribution in [0, 0.1) is 0 Å². The lowest BCUT2D eigenvalue weighted by molar-refractivity contribution is 0.582. The average Bonchev–Trinajstić information content (AvgIpc) is 2.88. The third-order valence-corrected chi connectivity index (χ3v) is 3.74. The Balaban J connectivity index is 2.15. The van der Waals surface area contributed by atoms with Crippen molar-refractivity contribution in [1.82, 2.24) is 25.3 Å². The number of rotatable bonds is 6. The van der Waals surface area contributed by atoms with Crippen LogP contribution in [-0.2, 0) is 16.6 Å². The van der Waals surface area contributed by atoms with Gasteiger partial charge in [0, 0.05) is 18.8 Å². The third-order valence-electron chi connectivity index (χ3n) is 2.43. The van der Waals surface area contributed by atoms with Gasteiger partial charge in [0.25, 0.3) is 15.6 Å². The monoisotopic (exact) mass is 298 g/mol. The van der Waals surface area contributed by atoms with E-state index in [1.807, 2.05) is 0 Å². The molecular formula is C10H14N6O3S. The highest BCUT2D eigenvalue weighted by atomic mass is 32.2. The highest BCUT2D eigenvalue weighted by Gasteiger charge is 2.17. The Kier molecular flexibility index (Phi) is 4.15. The molecule has 0 bridgehead atoms. The first-order valence-corrected chi connectivity index (χ1v) is 7.25. The van der Waals surface area contributed by atoms with Crippen molar-refractivity contribution < 1.29 is 8.42 Å². The maximum absolute atomic E-state index is 12.1. The van der Waals surface area contributed by atoms with E-state index in [1.54, 1.807) is 7.05 Å². The van der Waals surface area contributed by atoms with Gasteiger partial charge in [0.05, 0.1) is 12.7 Å². The molecule has 0 fully saturated rings. The summed E-state index contributed by atoms with van der Waals surface area (Å²) in [6.45, 7) is 1.24. The molecule has 3 N–H and O–H groups in total. The normalized spacial score (nSPS) is 11.4. The molecule has 0 unspecified atom stereocenters. The minimum atomic E-state index is -3.77. The number of sulfonamides is 1. The van der Waals surface area contributed by atoms with Crippen LogP contribution in [0.3, 0.4) is 0 Å². The molecule has 0 spiro atoms. The van der Waals surface area contributed by atoms with E-state index in [4.69, 9.17) is 0 Å². The van der Waals surface area contributed by atoms with Gasteiger partial charge in [-0.05, 0) is 13.1 Å². The number of aromatic nitrogens is 4. The number of aromatic amines is 1. The van der Waals surface area contributed by atoms with E-state index < -0.39 is 15.6 Å². The molecule has 0 aliphatic carbocycles. The van der Waals surface area contributed by atoms with E-state index >= 15 is 0 Å². The number of H-pyrrole nitrogens is 1. The minimum absolute atomic E-state index is 0.0293. The summed E-state index contributed by atoms with van der Waals surface area (Å²) >= 11 is 0. The van der Waals surface area contributed by atoms with Gasteiger partial charge in [-0.2, -0.15) is 10.2 Å². The Labute approximate surface area is 115 Å². The summed E-state index contributed by atoms with van der Waals surface area (Å²) in [7, 11) is -1.97. The first-order chi connectivity index (χ1) is 9.51. The number of hydrogen-bond acceptors (Lipinski definition) is 6. The molecule has 108 valence electrons. The fraction of sp³-hybridized carbons (Fsp3) is 0.300. The molecule has 0 atom stereocenters. The largest absolute Gasteiger partial charge is 0.318 e. The topological polar surface area (TPSA) is 122 Å². The molecule has 0 amide bonds. The minimum Gasteiger partial charge on any atom is -0.318 e. The van der Waals surface area contributed by atoms with Crippen LogP contribution in [0.2, 0.25) is 0 Å². The van der Waals surface area contributed by atoms with Crippen LogP contribution in [0.1, 0.15) is 0 Å². The van der Waals surface area contributed by atoms with Gasteiger partial charge in [-0.15, -0.1) is 0 Å². The molecule has 2 aromatic rings. The molecule has 0 aliphatic rings. The number of likely N-dealkylation sites (N-methyl/N-ethyl adjacent to an activating group) is 1. The zero-order valence-electron chi connectivity index (χ0n) is 10.7. The SMILES string of the molecule is CNCCn1cc(S(=O)(=O)Nc2ccc(=O)[nH]n2)cn1. The summed E-state index contributed by atoms with van der Waals surface area (Å²) in [5.41, 5.74) is -0.409. The van der Waals surface area contributed by atoms with E-state index in [-0.39, 0.29) is 10.7 Å². The molecule has 10 heteroatoms. The molecule has 2 heterocycles. The van der Waals surface area contributed by atoms with Crippen molar-refractivity contribution in [3.63, 3.8) is 0 Å². The number of nitrogens with one attached hydrogen (secondary N) is 3. The van der Waals surface area contributed by atoms with Gasteiger partial charge in [-0.25, -0.2) is 13.5 Å². The third kappa shape index (κ3) is 3.42. The first-order valence-electron chi connectivity index (χ1n) is 5.77. The summed E-state index contributed by atoms with van der Waals surface area (Å²) in [5.74, 6) is 0.0348. The van der Waals surface area contributed by atoms with Crippen LogP contribution >= 0.6 is 0 Å². The van der Waals surface area contributed by atoms with Crippen molar-refractivity contribution in [3.8, 4) is 0 Å². The molecule has 0 saturated heterocycles. The van der Waals surface area contributed by atoms with Crippen LogP contribution in [0.4, 0.5) is 5.82 Å². The molecule has 9 nitrogen and oxygen atoms in total. The van der Waals surface area contributed by atoms with Crippen LogP contribution in [-0.4, -0.2) is 42.0 Å². The number of hydrogen-bond donors (Lipinski definition) is 3. The molecule has 0 aliphatic heterocycles.